The summed E-state index contributed by atoms with van der Waals surface area (Å²) in [5.74, 6) is 0. The van der Waals surface area contributed by atoms with E-state index in [2.05, 4.69) is 62.1 Å². The van der Waals surface area contributed by atoms with Crippen LogP contribution in [0.15, 0.2) is 36.4 Å². The summed E-state index contributed by atoms with van der Waals surface area (Å²) in [5.41, 5.74) is 1.31. The van der Waals surface area contributed by atoms with Gasteiger partial charge in [-0.3, -0.25) is 0 Å². The van der Waals surface area contributed by atoms with Gasteiger partial charge in [-0.25, -0.2) is 0 Å². The predicted octanol–water partition coefficient (Wildman–Crippen LogP) is 1.04. The summed E-state index contributed by atoms with van der Waals surface area (Å²) in [5, 5.41) is 0. The van der Waals surface area contributed by atoms with E-state index in [-0.39, 0.29) is 36.5 Å². The quantitative estimate of drug-likeness (QED) is 0.724. The second-order valence-corrected chi connectivity index (χ2v) is 10.1. The van der Waals surface area contributed by atoms with Crippen LogP contribution in [-0.2, 0) is 19.5 Å². The second-order valence-electron chi connectivity index (χ2n) is 4.58. The molecule has 80 valence electrons. The molecule has 1 aromatic carbocycles. The first kappa shape index (κ1) is 17.7. The molecular weight excluding hydrogens is 318 g/mol. The summed E-state index contributed by atoms with van der Waals surface area (Å²) < 4.78 is 0. The summed E-state index contributed by atoms with van der Waals surface area (Å²) in [7, 11) is -0.898. The van der Waals surface area contributed by atoms with Crippen molar-refractivity contribution in [3.8, 4) is 0 Å². The smallest absolute Gasteiger partial charge is 0.0480 e. The molecule has 0 aliphatic heterocycles. The van der Waals surface area contributed by atoms with E-state index in [1.54, 1.807) is 0 Å². The summed E-state index contributed by atoms with van der Waals surface area (Å²) in [6, 6.07) is 11.8. The summed E-state index contributed by atoms with van der Waals surface area (Å²) >= 11 is 0. The van der Waals surface area contributed by atoms with Gasteiger partial charge < -0.3 is 17.0 Å². The average Bonchev–Trinajstić information content (AvgIpc) is 2.04. The number of hydrogen-bond acceptors (Lipinski definition) is 0. The molecule has 0 N–H and O–H groups in total. The van der Waals surface area contributed by atoms with Gasteiger partial charge >= 0.3 is 0 Å². The first-order valence-electron chi connectivity index (χ1n) is 4.79. The van der Waals surface area contributed by atoms with Gasteiger partial charge in [0.05, 0.1) is 0 Å². The second kappa shape index (κ2) is 8.43. The average molecular weight is 336 g/mol. The van der Waals surface area contributed by atoms with Crippen molar-refractivity contribution in [2.45, 2.75) is 25.7 Å². The molecule has 0 atom stereocenters. The van der Waals surface area contributed by atoms with E-state index in [0.29, 0.717) is 0 Å². The van der Waals surface area contributed by atoms with Gasteiger partial charge in [0, 0.05) is 27.6 Å². The standard InChI is InChI=1S/C12H18Si.BrH.Zn/c1-13(2,3)11-7-10-12-8-5-4-6-9-12;;/h4-10H,11H2,1-3H3;1H;/p-1/b10-7+;;. The van der Waals surface area contributed by atoms with E-state index < -0.39 is 8.07 Å². The van der Waals surface area contributed by atoms with E-state index in [1.165, 1.54) is 11.6 Å². The molecule has 0 saturated carbocycles. The Balaban J connectivity index is 0. The Morgan fingerprint density at radius 2 is 1.60 bits per heavy atom. The number of hydrogen-bond donors (Lipinski definition) is 0. The van der Waals surface area contributed by atoms with Gasteiger partial charge in [-0.2, -0.15) is 0 Å². The van der Waals surface area contributed by atoms with Gasteiger partial charge in [-0.15, -0.1) is 0 Å². The number of rotatable bonds is 3. The molecule has 0 amide bonds. The molecule has 0 aliphatic carbocycles. The fraction of sp³-hybridized carbons (Fsp3) is 0.333. The first-order chi connectivity index (χ1) is 6.08. The topological polar surface area (TPSA) is 0 Å². The fourth-order valence-electron chi connectivity index (χ4n) is 1.11. The van der Waals surface area contributed by atoms with Crippen molar-refractivity contribution in [2.24, 2.45) is 0 Å². The molecule has 0 saturated heterocycles. The Morgan fingerprint density at radius 3 is 2.07 bits per heavy atom. The molecule has 0 nitrogen and oxygen atoms in total. The van der Waals surface area contributed by atoms with Crippen LogP contribution in [0.4, 0.5) is 0 Å². The molecule has 3 heteroatoms. The van der Waals surface area contributed by atoms with Crippen molar-refractivity contribution in [1.29, 1.82) is 0 Å². The molecule has 1 aromatic rings. The van der Waals surface area contributed by atoms with E-state index in [4.69, 9.17) is 0 Å². The third-order valence-corrected chi connectivity index (χ3v) is 3.30. The van der Waals surface area contributed by atoms with Crippen molar-refractivity contribution in [3.05, 3.63) is 42.0 Å². The minimum atomic E-state index is -0.898. The van der Waals surface area contributed by atoms with Crippen LogP contribution in [0.3, 0.4) is 0 Å². The maximum atomic E-state index is 2.39. The van der Waals surface area contributed by atoms with Crippen molar-refractivity contribution in [3.63, 3.8) is 0 Å². The predicted molar refractivity (Wildman–Crippen MR) is 63.6 cm³/mol. The summed E-state index contributed by atoms with van der Waals surface area (Å²) in [6.45, 7) is 7.17. The van der Waals surface area contributed by atoms with E-state index in [1.807, 2.05) is 0 Å². The van der Waals surface area contributed by atoms with Crippen LogP contribution >= 0.6 is 0 Å². The molecule has 0 fully saturated rings. The van der Waals surface area contributed by atoms with Crippen molar-refractivity contribution >= 4 is 14.1 Å². The molecule has 0 bridgehead atoms. The van der Waals surface area contributed by atoms with Crippen LogP contribution in [0.5, 0.6) is 0 Å². The minimum Gasteiger partial charge on any atom is -1.00 e. The molecule has 0 spiro atoms. The first-order valence-corrected chi connectivity index (χ1v) is 8.50. The fourth-order valence-corrected chi connectivity index (χ4v) is 1.94. The van der Waals surface area contributed by atoms with Gasteiger partial charge in [0.25, 0.3) is 0 Å². The van der Waals surface area contributed by atoms with Crippen LogP contribution < -0.4 is 17.0 Å². The van der Waals surface area contributed by atoms with Gasteiger partial charge in [0.15, 0.2) is 0 Å². The van der Waals surface area contributed by atoms with E-state index in [9.17, 15) is 0 Å². The van der Waals surface area contributed by atoms with Gasteiger partial charge in [-0.05, 0) is 11.6 Å². The number of halogens is 1. The molecule has 0 heterocycles. The Bertz CT molecular complexity index is 277. The molecule has 0 aromatic heterocycles. The van der Waals surface area contributed by atoms with Crippen LogP contribution in [0.2, 0.25) is 25.7 Å². The van der Waals surface area contributed by atoms with Crippen LogP contribution in [0.25, 0.3) is 6.08 Å². The zero-order valence-corrected chi connectivity index (χ0v) is 15.4. The van der Waals surface area contributed by atoms with Crippen molar-refractivity contribution in [1.82, 2.24) is 0 Å². The Morgan fingerprint density at radius 1 is 1.07 bits per heavy atom. The minimum absolute atomic E-state index is 0. The number of allylic oxidation sites excluding steroid dienone is 1. The largest absolute Gasteiger partial charge is 1.00 e. The zero-order valence-electron chi connectivity index (χ0n) is 9.83. The van der Waals surface area contributed by atoms with Crippen molar-refractivity contribution in [2.75, 3.05) is 0 Å². The van der Waals surface area contributed by atoms with Gasteiger partial charge in [0.1, 0.15) is 0 Å². The molecule has 15 heavy (non-hydrogen) atoms. The van der Waals surface area contributed by atoms with Gasteiger partial charge in [-0.1, -0.05) is 62.1 Å². The Labute approximate surface area is 118 Å². The van der Waals surface area contributed by atoms with Crippen LogP contribution in [0, 0.1) is 0 Å². The van der Waals surface area contributed by atoms with E-state index in [0.717, 1.165) is 0 Å². The maximum absolute atomic E-state index is 2.39. The third-order valence-electron chi connectivity index (χ3n) is 1.84. The molecule has 1 rings (SSSR count). The SMILES string of the molecule is C[Si](C)(C)C/C=C/c1ccccc1.[Br-].[Zn]. The number of benzene rings is 1. The molecule has 0 aliphatic rings. The van der Waals surface area contributed by atoms with Gasteiger partial charge in [0.2, 0.25) is 0 Å². The Kier molecular flexibility index (Phi) is 9.93. The monoisotopic (exact) mass is 333 g/mol. The summed E-state index contributed by atoms with van der Waals surface area (Å²) in [4.78, 5) is 0. The maximum Gasteiger partial charge on any atom is 0.0480 e. The summed E-state index contributed by atoms with van der Waals surface area (Å²) in [6.07, 6.45) is 4.53. The molecule has 0 unspecified atom stereocenters. The van der Waals surface area contributed by atoms with Crippen LogP contribution in [-0.4, -0.2) is 8.07 Å². The van der Waals surface area contributed by atoms with Crippen LogP contribution in [0.1, 0.15) is 5.56 Å². The molecular formula is C12H18BrSiZn-. The zero-order chi connectivity index (χ0) is 9.73. The molecule has 0 radical (unpaired) electrons. The van der Waals surface area contributed by atoms with E-state index >= 15 is 0 Å². The normalized spacial score (nSPS) is 10.6. The Hall–Kier alpha value is 0.280. The third kappa shape index (κ3) is 9.22. The van der Waals surface area contributed by atoms with Crippen molar-refractivity contribution < 1.29 is 36.5 Å².